The first-order valence-electron chi connectivity index (χ1n) is 3.30. The molecule has 59 valence electrons. The fourth-order valence-electron chi connectivity index (χ4n) is 0.846. The van der Waals surface area contributed by atoms with E-state index in [1.54, 1.807) is 24.5 Å². The van der Waals surface area contributed by atoms with Gasteiger partial charge in [0.25, 0.3) is 0 Å². The molecule has 2 heterocycles. The van der Waals surface area contributed by atoms with Gasteiger partial charge in [-0.1, -0.05) is 11.6 Å². The zero-order valence-corrected chi connectivity index (χ0v) is 7.56. The van der Waals surface area contributed by atoms with Gasteiger partial charge in [0, 0.05) is 12.4 Å². The summed E-state index contributed by atoms with van der Waals surface area (Å²) in [5.41, 5.74) is 0.727. The maximum Gasteiger partial charge on any atom is 0.143 e. The van der Waals surface area contributed by atoms with Crippen molar-refractivity contribution in [1.29, 1.82) is 0 Å². The molecule has 0 N–H and O–H groups in total. The van der Waals surface area contributed by atoms with Crippen molar-refractivity contribution >= 4 is 22.9 Å². The van der Waals surface area contributed by atoms with Crippen LogP contribution in [0.2, 0.25) is 5.02 Å². The molecule has 2 aromatic heterocycles. The molecule has 0 amide bonds. The lowest BCUT2D eigenvalue weighted by Gasteiger charge is -1.95. The molecule has 0 aliphatic rings. The smallest absolute Gasteiger partial charge is 0.143 e. The van der Waals surface area contributed by atoms with Gasteiger partial charge in [-0.3, -0.25) is 4.98 Å². The molecule has 1 radical (unpaired) electrons. The minimum Gasteiger partial charge on any atom is -0.252 e. The van der Waals surface area contributed by atoms with Gasteiger partial charge in [-0.25, -0.2) is 4.98 Å². The highest BCUT2D eigenvalue weighted by Gasteiger charge is 2.05. The molecule has 0 fully saturated rings. The number of aromatic nitrogens is 2. The number of hydrogen-bond acceptors (Lipinski definition) is 3. The molecule has 0 bridgehead atoms. The molecule has 12 heavy (non-hydrogen) atoms. The summed E-state index contributed by atoms with van der Waals surface area (Å²) in [7, 11) is 0. The van der Waals surface area contributed by atoms with E-state index < -0.39 is 0 Å². The first kappa shape index (κ1) is 7.71. The van der Waals surface area contributed by atoms with Gasteiger partial charge in [0.05, 0.1) is 10.4 Å². The minimum atomic E-state index is 0.626. The molecule has 0 atom stereocenters. The lowest BCUT2D eigenvalue weighted by atomic mass is 10.4. The third kappa shape index (κ3) is 1.33. The van der Waals surface area contributed by atoms with Crippen molar-refractivity contribution in [2.75, 3.05) is 0 Å². The number of nitrogens with zero attached hydrogens (tertiary/aromatic N) is 2. The molecule has 2 aromatic rings. The minimum absolute atomic E-state index is 0.626. The maximum absolute atomic E-state index is 5.91. The van der Waals surface area contributed by atoms with Crippen LogP contribution in [0.5, 0.6) is 0 Å². The van der Waals surface area contributed by atoms with Crippen molar-refractivity contribution in [3.05, 3.63) is 34.9 Å². The Kier molecular flexibility index (Phi) is 2.06. The molecule has 2 nitrogen and oxygen atoms in total. The van der Waals surface area contributed by atoms with E-state index in [0.717, 1.165) is 10.7 Å². The average Bonchev–Trinajstić information content (AvgIpc) is 2.57. The lowest BCUT2D eigenvalue weighted by Crippen LogP contribution is -1.81. The molecular weight excluding hydrogens is 192 g/mol. The van der Waals surface area contributed by atoms with Gasteiger partial charge in [0.15, 0.2) is 0 Å². The summed E-state index contributed by atoms with van der Waals surface area (Å²) in [5, 5.41) is 4.32. The second kappa shape index (κ2) is 3.21. The van der Waals surface area contributed by atoms with E-state index in [-0.39, 0.29) is 0 Å². The van der Waals surface area contributed by atoms with Crippen molar-refractivity contribution in [3.8, 4) is 10.7 Å². The predicted molar refractivity (Wildman–Crippen MR) is 49.2 cm³/mol. The maximum atomic E-state index is 5.91. The van der Waals surface area contributed by atoms with Crippen LogP contribution in [0.25, 0.3) is 10.7 Å². The molecule has 0 unspecified atom stereocenters. The van der Waals surface area contributed by atoms with Crippen LogP contribution in [0, 0.1) is 5.38 Å². The average molecular weight is 196 g/mol. The molecule has 0 aliphatic carbocycles. The van der Waals surface area contributed by atoms with E-state index in [2.05, 4.69) is 15.3 Å². The van der Waals surface area contributed by atoms with Gasteiger partial charge >= 0.3 is 0 Å². The topological polar surface area (TPSA) is 25.8 Å². The summed E-state index contributed by atoms with van der Waals surface area (Å²) < 4.78 is 0. The van der Waals surface area contributed by atoms with E-state index in [1.165, 1.54) is 11.3 Å². The quantitative estimate of drug-likeness (QED) is 0.699. The lowest BCUT2D eigenvalue weighted by molar-refractivity contribution is 1.29. The Balaban J connectivity index is 2.55. The summed E-state index contributed by atoms with van der Waals surface area (Å²) in [6, 6.07) is 3.59. The van der Waals surface area contributed by atoms with Gasteiger partial charge in [0.2, 0.25) is 0 Å². The SMILES string of the molecule is Clc1cccnc1-c1nc[c]s1. The van der Waals surface area contributed by atoms with E-state index in [0.29, 0.717) is 5.02 Å². The number of rotatable bonds is 1. The fraction of sp³-hybridized carbons (Fsp3) is 0. The Morgan fingerprint density at radius 2 is 2.33 bits per heavy atom. The van der Waals surface area contributed by atoms with Gasteiger partial charge in [-0.05, 0) is 12.1 Å². The standard InChI is InChI=1S/C8H4ClN2S/c9-6-2-1-3-10-7(6)8-11-4-5-12-8/h1-4H. The predicted octanol–water partition coefficient (Wildman–Crippen LogP) is 2.66. The number of pyridine rings is 1. The highest BCUT2D eigenvalue weighted by Crippen LogP contribution is 2.25. The van der Waals surface area contributed by atoms with Crippen LogP contribution >= 0.6 is 22.9 Å². The van der Waals surface area contributed by atoms with E-state index in [4.69, 9.17) is 11.6 Å². The van der Waals surface area contributed by atoms with Crippen molar-refractivity contribution in [2.45, 2.75) is 0 Å². The second-order valence-corrected chi connectivity index (χ2v) is 3.35. The molecule has 0 saturated heterocycles. The van der Waals surface area contributed by atoms with Crippen LogP contribution in [0.4, 0.5) is 0 Å². The van der Waals surface area contributed by atoms with Crippen LogP contribution in [0.3, 0.4) is 0 Å². The largest absolute Gasteiger partial charge is 0.252 e. The summed E-state index contributed by atoms with van der Waals surface area (Å²) in [6.45, 7) is 0. The third-order valence-corrected chi connectivity index (χ3v) is 2.37. The van der Waals surface area contributed by atoms with E-state index >= 15 is 0 Å². The zero-order chi connectivity index (χ0) is 8.39. The molecule has 0 saturated carbocycles. The summed E-state index contributed by atoms with van der Waals surface area (Å²) in [4.78, 5) is 8.18. The van der Waals surface area contributed by atoms with Crippen LogP contribution in [0.15, 0.2) is 24.5 Å². The van der Waals surface area contributed by atoms with Crippen molar-refractivity contribution in [3.63, 3.8) is 0 Å². The van der Waals surface area contributed by atoms with Gasteiger partial charge in [-0.15, -0.1) is 11.3 Å². The van der Waals surface area contributed by atoms with Gasteiger partial charge < -0.3 is 0 Å². The Labute approximate surface area is 78.9 Å². The van der Waals surface area contributed by atoms with Crippen LogP contribution < -0.4 is 0 Å². The molecular formula is C8H4ClN2S. The number of hydrogen-bond donors (Lipinski definition) is 0. The summed E-state index contributed by atoms with van der Waals surface area (Å²) in [6.07, 6.45) is 3.31. The molecule has 0 aromatic carbocycles. The highest BCUT2D eigenvalue weighted by molar-refractivity contribution is 7.12. The Morgan fingerprint density at radius 3 is 3.00 bits per heavy atom. The number of halogens is 1. The molecule has 2 rings (SSSR count). The van der Waals surface area contributed by atoms with Crippen molar-refractivity contribution in [2.24, 2.45) is 0 Å². The van der Waals surface area contributed by atoms with Crippen molar-refractivity contribution < 1.29 is 0 Å². The fourth-order valence-corrected chi connectivity index (χ4v) is 1.69. The van der Waals surface area contributed by atoms with Crippen molar-refractivity contribution in [1.82, 2.24) is 9.97 Å². The normalized spacial score (nSPS) is 10.1. The highest BCUT2D eigenvalue weighted by atomic mass is 35.5. The Bertz CT molecular complexity index is 372. The Hall–Kier alpha value is -0.930. The van der Waals surface area contributed by atoms with Crippen LogP contribution in [0.1, 0.15) is 0 Å². The number of thiazole rings is 1. The first-order valence-corrected chi connectivity index (χ1v) is 4.50. The Morgan fingerprint density at radius 1 is 1.42 bits per heavy atom. The molecule has 4 heteroatoms. The van der Waals surface area contributed by atoms with Crippen LogP contribution in [-0.4, -0.2) is 9.97 Å². The van der Waals surface area contributed by atoms with E-state index in [1.807, 2.05) is 0 Å². The zero-order valence-electron chi connectivity index (χ0n) is 5.99. The first-order chi connectivity index (χ1) is 5.88. The molecule has 0 aliphatic heterocycles. The summed E-state index contributed by atoms with van der Waals surface area (Å²) >= 11 is 7.31. The second-order valence-electron chi connectivity index (χ2n) is 2.12. The van der Waals surface area contributed by atoms with E-state index in [9.17, 15) is 0 Å². The van der Waals surface area contributed by atoms with Gasteiger partial charge in [0.1, 0.15) is 10.7 Å². The van der Waals surface area contributed by atoms with Gasteiger partial charge in [-0.2, -0.15) is 0 Å². The summed E-state index contributed by atoms with van der Waals surface area (Å²) in [5.74, 6) is 0. The third-order valence-electron chi connectivity index (χ3n) is 1.35. The molecule has 0 spiro atoms. The van der Waals surface area contributed by atoms with Crippen LogP contribution in [-0.2, 0) is 0 Å². The monoisotopic (exact) mass is 195 g/mol.